The molecular weight excluding hydrogens is 325 g/mol. The fourth-order valence-corrected chi connectivity index (χ4v) is 3.34. The van der Waals surface area contributed by atoms with Crippen molar-refractivity contribution in [1.82, 2.24) is 14.8 Å². The Hall–Kier alpha value is -2.18. The molecule has 0 radical (unpaired) electrons. The summed E-state index contributed by atoms with van der Waals surface area (Å²) in [7, 11) is 0. The predicted octanol–water partition coefficient (Wildman–Crippen LogP) is 3.94. The van der Waals surface area contributed by atoms with E-state index in [4.69, 9.17) is 0 Å². The molecule has 1 aromatic heterocycles. The van der Waals surface area contributed by atoms with Crippen molar-refractivity contribution in [2.75, 3.05) is 5.75 Å². The molecule has 0 bridgehead atoms. The first-order valence-corrected chi connectivity index (χ1v) is 8.71. The molecule has 3 aromatic rings. The van der Waals surface area contributed by atoms with E-state index in [1.165, 1.54) is 12.1 Å². The SMILES string of the molecule is CC(O)CCSc1nnc(-c2ccc(F)cc2)n1-c1ccccc1. The number of aliphatic hydroxyl groups excluding tert-OH is 1. The topological polar surface area (TPSA) is 50.9 Å². The highest BCUT2D eigenvalue weighted by Gasteiger charge is 2.16. The van der Waals surface area contributed by atoms with Gasteiger partial charge in [0, 0.05) is 17.0 Å². The molecule has 0 aliphatic rings. The minimum atomic E-state index is -0.345. The third-order valence-electron chi connectivity index (χ3n) is 3.52. The van der Waals surface area contributed by atoms with Crippen LogP contribution >= 0.6 is 11.8 Å². The van der Waals surface area contributed by atoms with Gasteiger partial charge in [-0.1, -0.05) is 30.0 Å². The maximum atomic E-state index is 13.2. The molecule has 1 atom stereocenters. The molecule has 0 saturated carbocycles. The standard InChI is InChI=1S/C18H18FN3OS/c1-13(23)11-12-24-18-21-20-17(14-7-9-15(19)10-8-14)22(18)16-5-3-2-4-6-16/h2-10,13,23H,11-12H2,1H3. The molecule has 1 heterocycles. The molecule has 6 heteroatoms. The minimum Gasteiger partial charge on any atom is -0.393 e. The van der Waals surface area contributed by atoms with Crippen molar-refractivity contribution in [3.05, 3.63) is 60.4 Å². The zero-order valence-electron chi connectivity index (χ0n) is 13.3. The van der Waals surface area contributed by atoms with Crippen LogP contribution < -0.4 is 0 Å². The van der Waals surface area contributed by atoms with Gasteiger partial charge in [-0.2, -0.15) is 0 Å². The first-order chi connectivity index (χ1) is 11.6. The summed E-state index contributed by atoms with van der Waals surface area (Å²) in [5, 5.41) is 18.8. The van der Waals surface area contributed by atoms with Gasteiger partial charge in [0.25, 0.3) is 0 Å². The van der Waals surface area contributed by atoms with Gasteiger partial charge in [0.1, 0.15) is 5.82 Å². The fourth-order valence-electron chi connectivity index (χ4n) is 2.28. The van der Waals surface area contributed by atoms with Gasteiger partial charge < -0.3 is 5.11 Å². The van der Waals surface area contributed by atoms with E-state index in [1.807, 2.05) is 34.9 Å². The van der Waals surface area contributed by atoms with Crippen LogP contribution in [0.3, 0.4) is 0 Å². The summed E-state index contributed by atoms with van der Waals surface area (Å²) in [4.78, 5) is 0. The van der Waals surface area contributed by atoms with Gasteiger partial charge >= 0.3 is 0 Å². The molecule has 1 unspecified atom stereocenters. The summed E-state index contributed by atoms with van der Waals surface area (Å²) < 4.78 is 15.2. The van der Waals surface area contributed by atoms with Gasteiger partial charge in [0.2, 0.25) is 0 Å². The Balaban J connectivity index is 1.99. The normalized spacial score (nSPS) is 12.3. The van der Waals surface area contributed by atoms with Crippen LogP contribution in [0.5, 0.6) is 0 Å². The average molecular weight is 343 g/mol. The molecule has 24 heavy (non-hydrogen) atoms. The molecule has 4 nitrogen and oxygen atoms in total. The number of para-hydroxylation sites is 1. The molecule has 1 N–H and O–H groups in total. The lowest BCUT2D eigenvalue weighted by molar-refractivity contribution is 0.192. The second kappa shape index (κ2) is 7.59. The van der Waals surface area contributed by atoms with E-state index in [0.717, 1.165) is 22.2 Å². The van der Waals surface area contributed by atoms with Gasteiger partial charge in [-0.15, -0.1) is 10.2 Å². The maximum Gasteiger partial charge on any atom is 0.196 e. The van der Waals surface area contributed by atoms with Crippen molar-refractivity contribution >= 4 is 11.8 Å². The zero-order chi connectivity index (χ0) is 16.9. The summed E-state index contributed by atoms with van der Waals surface area (Å²) in [6.07, 6.45) is 0.334. The third-order valence-corrected chi connectivity index (χ3v) is 4.48. The molecular formula is C18H18FN3OS. The van der Waals surface area contributed by atoms with Crippen molar-refractivity contribution in [1.29, 1.82) is 0 Å². The Labute approximate surface area is 144 Å². The van der Waals surface area contributed by atoms with Crippen LogP contribution in [-0.2, 0) is 0 Å². The first kappa shape index (κ1) is 16.7. The number of nitrogens with zero attached hydrogens (tertiary/aromatic N) is 3. The van der Waals surface area contributed by atoms with E-state index in [-0.39, 0.29) is 11.9 Å². The van der Waals surface area contributed by atoms with Crippen molar-refractivity contribution in [2.45, 2.75) is 24.6 Å². The Bertz CT molecular complexity index is 788. The number of benzene rings is 2. The van der Waals surface area contributed by atoms with Crippen LogP contribution in [0, 0.1) is 5.82 Å². The number of rotatable bonds is 6. The van der Waals surface area contributed by atoms with Crippen molar-refractivity contribution < 1.29 is 9.50 Å². The molecule has 3 rings (SSSR count). The third kappa shape index (κ3) is 3.83. The Kier molecular flexibility index (Phi) is 5.27. The summed E-state index contributed by atoms with van der Waals surface area (Å²) >= 11 is 1.54. The Morgan fingerprint density at radius 2 is 1.79 bits per heavy atom. The quantitative estimate of drug-likeness (QED) is 0.689. The summed E-state index contributed by atoms with van der Waals surface area (Å²) in [6, 6.07) is 16.0. The molecule has 0 amide bonds. The Morgan fingerprint density at radius 1 is 1.08 bits per heavy atom. The van der Waals surface area contributed by atoms with E-state index >= 15 is 0 Å². The molecule has 0 aliphatic heterocycles. The van der Waals surface area contributed by atoms with Gasteiger partial charge in [-0.3, -0.25) is 4.57 Å². The Morgan fingerprint density at radius 3 is 2.46 bits per heavy atom. The van der Waals surface area contributed by atoms with E-state index in [2.05, 4.69) is 10.2 Å². The lowest BCUT2D eigenvalue weighted by Crippen LogP contribution is -2.03. The number of halogens is 1. The van der Waals surface area contributed by atoms with Crippen LogP contribution in [0.2, 0.25) is 0 Å². The number of aromatic nitrogens is 3. The summed E-state index contributed by atoms with van der Waals surface area (Å²) in [5.41, 5.74) is 1.75. The molecule has 2 aromatic carbocycles. The van der Waals surface area contributed by atoms with Crippen LogP contribution in [0.4, 0.5) is 4.39 Å². The van der Waals surface area contributed by atoms with Gasteiger partial charge in [0.15, 0.2) is 11.0 Å². The van der Waals surface area contributed by atoms with Crippen LogP contribution in [-0.4, -0.2) is 31.7 Å². The lowest BCUT2D eigenvalue weighted by Gasteiger charge is -2.10. The monoisotopic (exact) mass is 343 g/mol. The highest BCUT2D eigenvalue weighted by Crippen LogP contribution is 2.28. The highest BCUT2D eigenvalue weighted by molar-refractivity contribution is 7.99. The maximum absolute atomic E-state index is 13.2. The van der Waals surface area contributed by atoms with E-state index < -0.39 is 0 Å². The smallest absolute Gasteiger partial charge is 0.196 e. The average Bonchev–Trinajstić information content (AvgIpc) is 3.00. The van der Waals surface area contributed by atoms with E-state index in [0.29, 0.717) is 12.2 Å². The second-order valence-electron chi connectivity index (χ2n) is 5.47. The lowest BCUT2D eigenvalue weighted by atomic mass is 10.2. The molecule has 0 saturated heterocycles. The first-order valence-electron chi connectivity index (χ1n) is 7.73. The van der Waals surface area contributed by atoms with Crippen LogP contribution in [0.1, 0.15) is 13.3 Å². The number of hydrogen-bond donors (Lipinski definition) is 1. The van der Waals surface area contributed by atoms with Crippen molar-refractivity contribution in [3.8, 4) is 17.1 Å². The number of hydrogen-bond acceptors (Lipinski definition) is 4. The minimum absolute atomic E-state index is 0.281. The van der Waals surface area contributed by atoms with Gasteiger partial charge in [0.05, 0.1) is 6.10 Å². The van der Waals surface area contributed by atoms with Gasteiger partial charge in [-0.25, -0.2) is 4.39 Å². The molecule has 0 fully saturated rings. The van der Waals surface area contributed by atoms with Crippen molar-refractivity contribution in [3.63, 3.8) is 0 Å². The summed E-state index contributed by atoms with van der Waals surface area (Å²) in [5.74, 6) is 1.13. The number of thioether (sulfide) groups is 1. The molecule has 0 aliphatic carbocycles. The van der Waals surface area contributed by atoms with E-state index in [9.17, 15) is 9.50 Å². The fraction of sp³-hybridized carbons (Fsp3) is 0.222. The van der Waals surface area contributed by atoms with Crippen molar-refractivity contribution in [2.24, 2.45) is 0 Å². The number of aliphatic hydroxyl groups is 1. The molecule has 124 valence electrons. The second-order valence-corrected chi connectivity index (χ2v) is 6.53. The largest absolute Gasteiger partial charge is 0.393 e. The van der Waals surface area contributed by atoms with Gasteiger partial charge in [-0.05, 0) is 49.7 Å². The highest BCUT2D eigenvalue weighted by atomic mass is 32.2. The zero-order valence-corrected chi connectivity index (χ0v) is 14.1. The van der Waals surface area contributed by atoms with E-state index in [1.54, 1.807) is 30.8 Å². The summed E-state index contributed by atoms with van der Waals surface area (Å²) in [6.45, 7) is 1.77. The van der Waals surface area contributed by atoms with Crippen LogP contribution in [0.25, 0.3) is 17.1 Å². The van der Waals surface area contributed by atoms with Crippen LogP contribution in [0.15, 0.2) is 59.8 Å². The predicted molar refractivity (Wildman–Crippen MR) is 93.8 cm³/mol. The molecule has 0 spiro atoms.